The molecule has 0 aromatic carbocycles. The molecule has 0 saturated heterocycles. The Labute approximate surface area is 98.7 Å². The highest BCUT2D eigenvalue weighted by Crippen LogP contribution is 2.25. The lowest BCUT2D eigenvalue weighted by Crippen LogP contribution is -2.07. The van der Waals surface area contributed by atoms with Crippen molar-refractivity contribution in [2.45, 2.75) is 0 Å². The third-order valence-electron chi connectivity index (χ3n) is 2.16. The number of nitrogens with one attached hydrogen (secondary N) is 2. The largest absolute Gasteiger partial charge is 0.362 e. The molecule has 0 spiro atoms. The molecular weight excluding hydrogens is 222 g/mol. The molecule has 1 aromatic rings. The third kappa shape index (κ3) is 2.20. The number of rotatable bonds is 2. The van der Waals surface area contributed by atoms with Gasteiger partial charge in [0.2, 0.25) is 0 Å². The van der Waals surface area contributed by atoms with E-state index >= 15 is 0 Å². The highest BCUT2D eigenvalue weighted by Gasteiger charge is 2.07. The van der Waals surface area contributed by atoms with E-state index in [1.54, 1.807) is 12.3 Å². The van der Waals surface area contributed by atoms with Crippen LogP contribution in [0.1, 0.15) is 5.56 Å². The van der Waals surface area contributed by atoms with Crippen molar-refractivity contribution in [2.24, 2.45) is 0 Å². The Morgan fingerprint density at radius 3 is 3.06 bits per heavy atom. The van der Waals surface area contributed by atoms with Crippen LogP contribution >= 0.6 is 11.6 Å². The summed E-state index contributed by atoms with van der Waals surface area (Å²) in [7, 11) is 0. The van der Waals surface area contributed by atoms with Gasteiger partial charge >= 0.3 is 0 Å². The summed E-state index contributed by atoms with van der Waals surface area (Å²) in [5, 5.41) is 10.5. The zero-order valence-electron chi connectivity index (χ0n) is 8.44. The van der Waals surface area contributed by atoms with Gasteiger partial charge in [-0.2, -0.15) is 0 Å². The number of dihydropyridines is 1. The van der Waals surface area contributed by atoms with Gasteiger partial charge in [0.05, 0.1) is 0 Å². The van der Waals surface area contributed by atoms with Crippen molar-refractivity contribution >= 4 is 23.4 Å². The molecule has 0 unspecified atom stereocenters. The number of nitrogens with zero attached hydrogens (tertiary/aromatic N) is 1. The summed E-state index contributed by atoms with van der Waals surface area (Å²) in [5.74, 6) is 0. The van der Waals surface area contributed by atoms with Crippen molar-refractivity contribution in [1.29, 1.82) is 5.41 Å². The number of aromatic nitrogens is 1. The first-order chi connectivity index (χ1) is 7.81. The Balaban J connectivity index is 2.41. The maximum Gasteiger partial charge on any atom is 0.136 e. The molecule has 0 fully saturated rings. The summed E-state index contributed by atoms with van der Waals surface area (Å²) in [6.45, 7) is 0. The first-order valence-electron chi connectivity index (χ1n) is 4.77. The molecule has 0 radical (unpaired) electrons. The van der Waals surface area contributed by atoms with Crippen LogP contribution in [0.3, 0.4) is 0 Å². The van der Waals surface area contributed by atoms with Gasteiger partial charge in [-0.3, -0.25) is 0 Å². The molecule has 0 saturated carbocycles. The van der Waals surface area contributed by atoms with Crippen LogP contribution in [-0.4, -0.2) is 11.2 Å². The van der Waals surface area contributed by atoms with E-state index in [0.717, 1.165) is 16.8 Å². The predicted molar refractivity (Wildman–Crippen MR) is 66.4 cm³/mol. The van der Waals surface area contributed by atoms with Crippen molar-refractivity contribution in [1.82, 2.24) is 10.3 Å². The van der Waals surface area contributed by atoms with Crippen molar-refractivity contribution in [2.75, 3.05) is 0 Å². The lowest BCUT2D eigenvalue weighted by atomic mass is 10.0. The standard InChI is InChI=1S/C12H10ClN3/c13-12-11(2-1-6-16-12)9-4-7-15-10(8-9)3-5-14/h1-8,14-15H/b10-3-,14-5?. The summed E-state index contributed by atoms with van der Waals surface area (Å²) in [5.41, 5.74) is 2.72. The minimum Gasteiger partial charge on any atom is -0.362 e. The van der Waals surface area contributed by atoms with E-state index in [4.69, 9.17) is 17.0 Å². The average molecular weight is 232 g/mol. The molecule has 3 nitrogen and oxygen atoms in total. The Hall–Kier alpha value is -1.87. The van der Waals surface area contributed by atoms with Crippen LogP contribution < -0.4 is 5.32 Å². The molecule has 4 heteroatoms. The van der Waals surface area contributed by atoms with E-state index in [0.29, 0.717) is 5.15 Å². The Morgan fingerprint density at radius 2 is 2.31 bits per heavy atom. The number of halogens is 1. The molecule has 0 amide bonds. The lowest BCUT2D eigenvalue weighted by molar-refractivity contribution is 1.10. The molecule has 1 aromatic heterocycles. The summed E-state index contributed by atoms with van der Waals surface area (Å²) in [6, 6.07) is 3.76. The molecule has 1 aliphatic heterocycles. The minimum absolute atomic E-state index is 0.481. The Bertz CT molecular complexity index is 501. The zero-order chi connectivity index (χ0) is 11.4. The molecule has 80 valence electrons. The van der Waals surface area contributed by atoms with E-state index in [1.165, 1.54) is 6.21 Å². The fourth-order valence-electron chi connectivity index (χ4n) is 1.44. The van der Waals surface area contributed by atoms with E-state index in [9.17, 15) is 0 Å². The average Bonchev–Trinajstić information content (AvgIpc) is 2.30. The maximum atomic E-state index is 7.02. The van der Waals surface area contributed by atoms with Crippen molar-refractivity contribution < 1.29 is 0 Å². The fourth-order valence-corrected chi connectivity index (χ4v) is 1.67. The molecule has 0 bridgehead atoms. The number of hydrogen-bond donors (Lipinski definition) is 2. The number of hydrogen-bond acceptors (Lipinski definition) is 3. The van der Waals surface area contributed by atoms with E-state index in [1.807, 2.05) is 30.5 Å². The van der Waals surface area contributed by atoms with Crippen molar-refractivity contribution in [3.05, 3.63) is 59.2 Å². The van der Waals surface area contributed by atoms with Crippen LogP contribution in [0.25, 0.3) is 5.57 Å². The summed E-state index contributed by atoms with van der Waals surface area (Å²) >= 11 is 6.01. The van der Waals surface area contributed by atoms with Gasteiger partial charge in [-0.15, -0.1) is 0 Å². The van der Waals surface area contributed by atoms with Crippen LogP contribution in [0.2, 0.25) is 5.15 Å². The molecule has 0 atom stereocenters. The van der Waals surface area contributed by atoms with Crippen LogP contribution in [0.15, 0.2) is 48.5 Å². The van der Waals surface area contributed by atoms with Gasteiger partial charge < -0.3 is 10.7 Å². The van der Waals surface area contributed by atoms with Gasteiger partial charge in [-0.1, -0.05) is 11.6 Å². The van der Waals surface area contributed by atoms with Gasteiger partial charge in [0.15, 0.2) is 0 Å². The third-order valence-corrected chi connectivity index (χ3v) is 2.46. The maximum absolute atomic E-state index is 7.02. The second-order valence-corrected chi connectivity index (χ2v) is 3.57. The SMILES string of the molecule is N=C/C=C1/C=C(c2cccnc2Cl)C=CN1. The molecule has 2 rings (SSSR count). The van der Waals surface area contributed by atoms with Crippen molar-refractivity contribution in [3.63, 3.8) is 0 Å². The normalized spacial score (nSPS) is 16.8. The Kier molecular flexibility index (Phi) is 3.17. The molecule has 1 aliphatic rings. The van der Waals surface area contributed by atoms with Crippen LogP contribution in [-0.2, 0) is 0 Å². The molecular formula is C12H10ClN3. The quantitative estimate of drug-likeness (QED) is 0.607. The molecule has 2 N–H and O–H groups in total. The first-order valence-corrected chi connectivity index (χ1v) is 5.15. The van der Waals surface area contributed by atoms with Crippen LogP contribution in [0.5, 0.6) is 0 Å². The number of pyridine rings is 1. The second kappa shape index (κ2) is 4.77. The van der Waals surface area contributed by atoms with Gasteiger partial charge in [0.25, 0.3) is 0 Å². The van der Waals surface area contributed by atoms with Gasteiger partial charge in [0.1, 0.15) is 5.15 Å². The highest BCUT2D eigenvalue weighted by atomic mass is 35.5. The van der Waals surface area contributed by atoms with Gasteiger partial charge in [0, 0.05) is 29.9 Å². The number of allylic oxidation sites excluding steroid dienone is 4. The predicted octanol–water partition coefficient (Wildman–Crippen LogP) is 2.77. The zero-order valence-corrected chi connectivity index (χ0v) is 9.20. The second-order valence-electron chi connectivity index (χ2n) is 3.21. The van der Waals surface area contributed by atoms with E-state index in [-0.39, 0.29) is 0 Å². The molecule has 16 heavy (non-hydrogen) atoms. The van der Waals surface area contributed by atoms with Crippen LogP contribution in [0.4, 0.5) is 0 Å². The highest BCUT2D eigenvalue weighted by molar-refractivity contribution is 6.31. The molecule has 0 aliphatic carbocycles. The Morgan fingerprint density at radius 1 is 1.44 bits per heavy atom. The van der Waals surface area contributed by atoms with Crippen LogP contribution in [0, 0.1) is 5.41 Å². The minimum atomic E-state index is 0.481. The fraction of sp³-hybridized carbons (Fsp3) is 0. The summed E-state index contributed by atoms with van der Waals surface area (Å²) < 4.78 is 0. The van der Waals surface area contributed by atoms with E-state index < -0.39 is 0 Å². The van der Waals surface area contributed by atoms with Gasteiger partial charge in [-0.05, 0) is 35.9 Å². The van der Waals surface area contributed by atoms with Crippen molar-refractivity contribution in [3.8, 4) is 0 Å². The first kappa shape index (κ1) is 10.6. The smallest absolute Gasteiger partial charge is 0.136 e. The summed E-state index contributed by atoms with van der Waals surface area (Å²) in [6.07, 6.45) is 10.2. The van der Waals surface area contributed by atoms with E-state index in [2.05, 4.69) is 10.3 Å². The summed E-state index contributed by atoms with van der Waals surface area (Å²) in [4.78, 5) is 4.03. The monoisotopic (exact) mass is 231 g/mol. The lowest BCUT2D eigenvalue weighted by Gasteiger charge is -2.11. The topological polar surface area (TPSA) is 48.8 Å². The van der Waals surface area contributed by atoms with Gasteiger partial charge in [-0.25, -0.2) is 4.98 Å². The molecule has 2 heterocycles.